The van der Waals surface area contributed by atoms with Crippen molar-refractivity contribution in [2.75, 3.05) is 0 Å². The average molecular weight is 1030 g/mol. The van der Waals surface area contributed by atoms with E-state index in [-0.39, 0.29) is 39.4 Å². The number of carboxylic acid groups (broad SMARTS) is 3. The van der Waals surface area contributed by atoms with Crippen LogP contribution >= 0.6 is 0 Å². The van der Waals surface area contributed by atoms with Gasteiger partial charge in [-0.15, -0.1) is 0 Å². The summed E-state index contributed by atoms with van der Waals surface area (Å²) in [5.74, 6) is -7.17. The van der Waals surface area contributed by atoms with Crippen molar-refractivity contribution in [3.8, 4) is 0 Å². The third-order valence-electron chi connectivity index (χ3n) is 9.21. The van der Waals surface area contributed by atoms with Crippen molar-refractivity contribution >= 4 is 100 Å². The molecular weight excluding hydrogens is 981 g/mol. The average Bonchev–Trinajstić information content (AvgIpc) is 3.27. The van der Waals surface area contributed by atoms with Crippen LogP contribution in [-0.4, -0.2) is 55.2 Å². The number of nitrogens with zero attached hydrogens (tertiary/aromatic N) is 4. The van der Waals surface area contributed by atoms with Crippen LogP contribution in [0.4, 0.5) is 0 Å². The minimum Gasteiger partial charge on any atom is -0.542 e. The summed E-state index contributed by atoms with van der Waals surface area (Å²) in [6.07, 6.45) is 5.62. The number of fused-ring (bicyclic) bond motifs is 12. The van der Waals surface area contributed by atoms with Gasteiger partial charge >= 0.3 is 20.1 Å². The van der Waals surface area contributed by atoms with Gasteiger partial charge in [-0.2, -0.15) is 0 Å². The fourth-order valence-corrected chi connectivity index (χ4v) is 6.41. The zero-order valence-electron chi connectivity index (χ0n) is 35.4. The third kappa shape index (κ3) is 13.3. The Labute approximate surface area is 377 Å². The SMILES string of the molecule is CCCC(=O)C(=O)[O-].CCCC(=O)C(=O)[O-].CCCC(=O)C(=O)[O-].Cc1cnc2c3ccccc3c3ccccc3c2n1.Cc1cnc2c3ccccc3c3ccccc3c2n1.[Ir+3]. The van der Waals surface area contributed by atoms with Crippen LogP contribution in [0, 0.1) is 13.8 Å². The number of hydrogen-bond acceptors (Lipinski definition) is 13. The number of aromatic nitrogens is 4. The van der Waals surface area contributed by atoms with E-state index in [1.54, 1.807) is 20.8 Å². The second-order valence-electron chi connectivity index (χ2n) is 14.0. The summed E-state index contributed by atoms with van der Waals surface area (Å²) in [5, 5.41) is 38.5. The van der Waals surface area contributed by atoms with Gasteiger partial charge in [0.15, 0.2) is 17.3 Å². The molecule has 0 fully saturated rings. The number of carbonyl (C=O) groups is 6. The first-order chi connectivity index (χ1) is 29.7. The maximum atomic E-state index is 10.1. The molecule has 0 aliphatic rings. The van der Waals surface area contributed by atoms with Crippen molar-refractivity contribution in [3.63, 3.8) is 0 Å². The predicted molar refractivity (Wildman–Crippen MR) is 233 cm³/mol. The molecule has 0 amide bonds. The first-order valence-electron chi connectivity index (χ1n) is 20.0. The smallest absolute Gasteiger partial charge is 0.542 e. The summed E-state index contributed by atoms with van der Waals surface area (Å²) in [5.41, 5.74) is 5.87. The number of carboxylic acids is 3. The van der Waals surface area contributed by atoms with Crippen molar-refractivity contribution < 1.29 is 64.2 Å². The molecule has 6 aromatic carbocycles. The van der Waals surface area contributed by atoms with Gasteiger partial charge in [-0.25, -0.2) is 9.97 Å². The number of rotatable bonds is 9. The molecule has 63 heavy (non-hydrogen) atoms. The zero-order valence-corrected chi connectivity index (χ0v) is 37.8. The summed E-state index contributed by atoms with van der Waals surface area (Å²) in [6.45, 7) is 9.18. The Hall–Kier alpha value is -6.89. The molecule has 0 saturated carbocycles. The summed E-state index contributed by atoms with van der Waals surface area (Å²) in [6, 6.07) is 33.6. The molecule has 0 radical (unpaired) electrons. The normalized spacial score (nSPS) is 10.2. The van der Waals surface area contributed by atoms with Crippen LogP contribution in [0.25, 0.3) is 65.2 Å². The predicted octanol–water partition coefficient (Wildman–Crippen LogP) is 5.80. The van der Waals surface area contributed by atoms with E-state index in [1.165, 1.54) is 43.1 Å². The molecular formula is C49H45IrN4O9. The van der Waals surface area contributed by atoms with E-state index in [2.05, 4.69) is 107 Å². The molecule has 0 aliphatic carbocycles. The summed E-state index contributed by atoms with van der Waals surface area (Å²) in [7, 11) is 0. The van der Waals surface area contributed by atoms with E-state index in [4.69, 9.17) is 9.97 Å². The molecule has 0 saturated heterocycles. The van der Waals surface area contributed by atoms with Crippen LogP contribution in [0.5, 0.6) is 0 Å². The number of carbonyl (C=O) groups excluding carboxylic acids is 6. The molecule has 2 heterocycles. The summed E-state index contributed by atoms with van der Waals surface area (Å²) in [4.78, 5) is 77.7. The van der Waals surface area contributed by atoms with Crippen LogP contribution in [0.3, 0.4) is 0 Å². The van der Waals surface area contributed by atoms with Crippen molar-refractivity contribution in [2.45, 2.75) is 73.1 Å². The maximum absolute atomic E-state index is 10.1. The molecule has 14 heteroatoms. The Morgan fingerprint density at radius 1 is 0.397 bits per heavy atom. The minimum atomic E-state index is -1.58. The van der Waals surface area contributed by atoms with Gasteiger partial charge in [0.1, 0.15) is 17.9 Å². The summed E-state index contributed by atoms with van der Waals surface area (Å²) >= 11 is 0. The van der Waals surface area contributed by atoms with Crippen LogP contribution in [-0.2, 0) is 48.9 Å². The Morgan fingerprint density at radius 2 is 0.619 bits per heavy atom. The van der Waals surface area contributed by atoms with E-state index in [9.17, 15) is 44.1 Å². The van der Waals surface area contributed by atoms with Crippen molar-refractivity contribution in [1.82, 2.24) is 19.9 Å². The molecule has 0 atom stereocenters. The minimum absolute atomic E-state index is 0. The van der Waals surface area contributed by atoms with Crippen LogP contribution in [0.1, 0.15) is 70.7 Å². The quantitative estimate of drug-likeness (QED) is 0.123. The number of aliphatic carboxylic acids is 3. The third-order valence-corrected chi connectivity index (χ3v) is 9.21. The molecule has 0 aliphatic heterocycles. The van der Waals surface area contributed by atoms with Gasteiger partial charge in [0, 0.05) is 53.2 Å². The van der Waals surface area contributed by atoms with Gasteiger partial charge in [-0.3, -0.25) is 24.4 Å². The molecule has 0 bridgehead atoms. The number of hydrogen-bond donors (Lipinski definition) is 0. The van der Waals surface area contributed by atoms with Gasteiger partial charge in [0.2, 0.25) is 0 Å². The van der Waals surface area contributed by atoms with E-state index < -0.39 is 35.3 Å². The Bertz CT molecular complexity index is 2640. The van der Waals surface area contributed by atoms with Gasteiger partial charge in [0.05, 0.1) is 33.5 Å². The molecule has 8 rings (SSSR count). The van der Waals surface area contributed by atoms with Gasteiger partial charge < -0.3 is 29.7 Å². The molecule has 13 nitrogen and oxygen atoms in total. The van der Waals surface area contributed by atoms with Crippen LogP contribution < -0.4 is 15.3 Å². The van der Waals surface area contributed by atoms with E-state index >= 15 is 0 Å². The van der Waals surface area contributed by atoms with Crippen LogP contribution in [0.2, 0.25) is 0 Å². The number of Topliss-reactive ketones (excluding diaryl/α,β-unsaturated/α-hetero) is 3. The fourth-order valence-electron chi connectivity index (χ4n) is 6.41. The van der Waals surface area contributed by atoms with Crippen molar-refractivity contribution in [1.29, 1.82) is 0 Å². The van der Waals surface area contributed by atoms with Gasteiger partial charge in [-0.05, 0) is 54.7 Å². The number of aryl methyl sites for hydroxylation is 2. The second kappa shape index (κ2) is 24.5. The molecule has 8 aromatic rings. The Kier molecular flexibility index (Phi) is 19.6. The molecule has 324 valence electrons. The van der Waals surface area contributed by atoms with E-state index in [0.29, 0.717) is 19.3 Å². The fraction of sp³-hybridized carbons (Fsp3) is 0.224. The van der Waals surface area contributed by atoms with Crippen molar-refractivity contribution in [3.05, 3.63) is 121 Å². The van der Waals surface area contributed by atoms with E-state index in [1.807, 2.05) is 26.2 Å². The van der Waals surface area contributed by atoms with Gasteiger partial charge in [-0.1, -0.05) is 118 Å². The monoisotopic (exact) mass is 1030 g/mol. The number of benzene rings is 6. The Balaban J connectivity index is 0.000000225. The summed E-state index contributed by atoms with van der Waals surface area (Å²) < 4.78 is 0. The zero-order chi connectivity index (χ0) is 45.3. The molecule has 2 aromatic heterocycles. The first kappa shape index (κ1) is 50.5. The topological polar surface area (TPSA) is 223 Å². The van der Waals surface area contributed by atoms with Gasteiger partial charge in [0.25, 0.3) is 0 Å². The Morgan fingerprint density at radius 3 is 0.825 bits per heavy atom. The molecule has 0 spiro atoms. The number of ketones is 3. The largest absolute Gasteiger partial charge is 3.00 e. The molecule has 0 unspecified atom stereocenters. The first-order valence-corrected chi connectivity index (χ1v) is 20.0. The van der Waals surface area contributed by atoms with Crippen molar-refractivity contribution in [2.24, 2.45) is 0 Å². The van der Waals surface area contributed by atoms with E-state index in [0.717, 1.165) is 33.5 Å². The molecule has 0 N–H and O–H groups in total. The maximum Gasteiger partial charge on any atom is 3.00 e. The second-order valence-corrected chi connectivity index (χ2v) is 14.0. The van der Waals surface area contributed by atoms with Crippen LogP contribution in [0.15, 0.2) is 109 Å². The standard InChI is InChI=1S/2C17H12N2.3C5H8O3.Ir/c2*1-11-10-18-16-14-8-4-2-6-12(14)13-7-3-5-9-15(13)17(16)19-11;3*1-2-3-4(6)5(7)8;/h2*2-10H,1H3;3*2-3H2,1H3,(H,7,8);/q;;;;;+3/p-3.